The minimum atomic E-state index is -3.00. The fourth-order valence-corrected chi connectivity index (χ4v) is 5.66. The number of carboxylic acid groups (broad SMARTS) is 1. The number of nitrogens with zero attached hydrogens (tertiary/aromatic N) is 2. The van der Waals surface area contributed by atoms with Crippen LogP contribution in [0.2, 0.25) is 0 Å². The van der Waals surface area contributed by atoms with E-state index >= 15 is 0 Å². The Morgan fingerprint density at radius 2 is 2.14 bits per heavy atom. The molecule has 1 saturated heterocycles. The lowest BCUT2D eigenvalue weighted by molar-refractivity contribution is -0.133. The number of carboxylic acids is 1. The predicted octanol–water partition coefficient (Wildman–Crippen LogP) is 3.58. The lowest BCUT2D eigenvalue weighted by atomic mass is 9.83. The fourth-order valence-electron chi connectivity index (χ4n) is 5.66. The number of aromatic nitrogens is 1. The molecule has 3 heterocycles. The molecule has 3 atom stereocenters. The summed E-state index contributed by atoms with van der Waals surface area (Å²) in [6, 6.07) is 5.35. The number of alkyl halides is 2. The molecule has 1 saturated carbocycles. The number of benzene rings is 1. The molecule has 2 aromatic rings. The standard InChI is InChI=1S/C25H27F2N3O7/c1-24(2)9-13(4-5-36-24)14-6-15-7-17(21(32)33)30(20(15)18(8-14)34-3)25(10-16(25)12-35-23(26)27)22-28-19(11-31)37-29-22/h6-8,13,16,23H,4-5,9-10,12H2,1-3H3,(H,28,29)(H,32,33)/t13-,16+,25-/m0/s1. The molecular weight excluding hydrogens is 492 g/mol. The van der Waals surface area contributed by atoms with Gasteiger partial charge in [0.2, 0.25) is 0 Å². The maximum atomic E-state index is 12.9. The van der Waals surface area contributed by atoms with Crippen LogP contribution in [0.5, 0.6) is 5.75 Å². The molecule has 198 valence electrons. The summed E-state index contributed by atoms with van der Waals surface area (Å²) in [5.74, 6) is 0.146. The summed E-state index contributed by atoms with van der Waals surface area (Å²) in [7, 11) is 1.49. The van der Waals surface area contributed by atoms with E-state index in [-0.39, 0.29) is 42.0 Å². The van der Waals surface area contributed by atoms with Crippen LogP contribution >= 0.6 is 0 Å². The third kappa shape index (κ3) is 4.35. The molecule has 1 aromatic heterocycles. The highest BCUT2D eigenvalue weighted by Gasteiger charge is 2.63. The molecule has 12 heteroatoms. The molecule has 5 rings (SSSR count). The van der Waals surface area contributed by atoms with Crippen molar-refractivity contribution >= 4 is 28.6 Å². The van der Waals surface area contributed by atoms with E-state index in [0.29, 0.717) is 23.3 Å². The molecule has 0 bridgehead atoms. The van der Waals surface area contributed by atoms with Crippen LogP contribution in [0, 0.1) is 5.92 Å². The first-order valence-electron chi connectivity index (χ1n) is 11.9. The van der Waals surface area contributed by atoms with Crippen LogP contribution in [0.3, 0.4) is 0 Å². The lowest BCUT2D eigenvalue weighted by Crippen LogP contribution is -2.39. The number of hydrogen-bond donors (Lipinski definition) is 2. The number of oxime groups is 1. The number of ether oxygens (including phenoxy) is 3. The molecule has 2 aliphatic heterocycles. The van der Waals surface area contributed by atoms with Gasteiger partial charge in [0.15, 0.2) is 11.8 Å². The Morgan fingerprint density at radius 3 is 2.76 bits per heavy atom. The first-order valence-corrected chi connectivity index (χ1v) is 11.9. The van der Waals surface area contributed by atoms with Crippen molar-refractivity contribution in [3.63, 3.8) is 0 Å². The second-order valence-corrected chi connectivity index (χ2v) is 10.1. The average molecular weight is 520 g/mol. The summed E-state index contributed by atoms with van der Waals surface area (Å²) in [4.78, 5) is 28.6. The van der Waals surface area contributed by atoms with Gasteiger partial charge in [0.1, 0.15) is 17.0 Å². The maximum Gasteiger partial charge on any atom is 0.352 e. The van der Waals surface area contributed by atoms with Crippen molar-refractivity contribution in [1.82, 2.24) is 9.88 Å². The van der Waals surface area contributed by atoms with Crippen LogP contribution in [0.1, 0.15) is 55.1 Å². The number of carbonyl (C=O) groups is 1. The summed E-state index contributed by atoms with van der Waals surface area (Å²) >= 11 is 0. The van der Waals surface area contributed by atoms with E-state index in [9.17, 15) is 23.5 Å². The lowest BCUT2D eigenvalue weighted by Gasteiger charge is -2.36. The van der Waals surface area contributed by atoms with Gasteiger partial charge >= 0.3 is 18.5 Å². The van der Waals surface area contributed by atoms with Gasteiger partial charge in [-0.25, -0.2) is 9.59 Å². The second kappa shape index (κ2) is 9.13. The van der Waals surface area contributed by atoms with E-state index in [1.807, 2.05) is 26.0 Å². The highest BCUT2D eigenvalue weighted by Crippen LogP contribution is 2.55. The van der Waals surface area contributed by atoms with Gasteiger partial charge in [-0.2, -0.15) is 8.78 Å². The van der Waals surface area contributed by atoms with E-state index < -0.39 is 24.0 Å². The number of carbonyl (C=O) groups excluding carboxylic acids is 1. The topological polar surface area (TPSA) is 121 Å². The minimum Gasteiger partial charge on any atom is -0.495 e. The molecule has 0 spiro atoms. The van der Waals surface area contributed by atoms with Crippen molar-refractivity contribution in [2.24, 2.45) is 11.1 Å². The molecule has 0 amide bonds. The molecule has 0 radical (unpaired) electrons. The van der Waals surface area contributed by atoms with Gasteiger partial charge in [0.05, 0.1) is 24.8 Å². The van der Waals surface area contributed by atoms with Gasteiger partial charge in [0.25, 0.3) is 0 Å². The Kier molecular flexibility index (Phi) is 6.21. The number of fused-ring (bicyclic) bond motifs is 1. The Morgan fingerprint density at radius 1 is 1.35 bits per heavy atom. The van der Waals surface area contributed by atoms with E-state index in [2.05, 4.69) is 15.2 Å². The van der Waals surface area contributed by atoms with Crippen LogP contribution in [-0.2, 0) is 24.6 Å². The molecule has 1 aliphatic carbocycles. The summed E-state index contributed by atoms with van der Waals surface area (Å²) in [5, 5.41) is 17.4. The third-order valence-electron chi connectivity index (χ3n) is 7.35. The first-order chi connectivity index (χ1) is 17.6. The Hall–Kier alpha value is -3.47. The van der Waals surface area contributed by atoms with Crippen molar-refractivity contribution < 1.29 is 42.5 Å². The van der Waals surface area contributed by atoms with E-state index in [1.54, 1.807) is 5.94 Å². The van der Waals surface area contributed by atoms with Crippen molar-refractivity contribution in [2.75, 3.05) is 20.3 Å². The van der Waals surface area contributed by atoms with Crippen molar-refractivity contribution in [1.29, 1.82) is 0 Å². The number of methoxy groups -OCH3 is 1. The number of rotatable bonds is 8. The molecule has 10 nitrogen and oxygen atoms in total. The molecule has 2 fully saturated rings. The van der Waals surface area contributed by atoms with E-state index in [0.717, 1.165) is 18.4 Å². The van der Waals surface area contributed by atoms with Crippen molar-refractivity contribution in [3.05, 3.63) is 35.3 Å². The van der Waals surface area contributed by atoms with Crippen LogP contribution in [0.25, 0.3) is 10.9 Å². The zero-order valence-corrected chi connectivity index (χ0v) is 20.5. The Labute approximate surface area is 210 Å². The minimum absolute atomic E-state index is 0.0923. The van der Waals surface area contributed by atoms with Crippen LogP contribution < -0.4 is 10.1 Å². The summed E-state index contributed by atoms with van der Waals surface area (Å²) < 4.78 is 43.5. The van der Waals surface area contributed by atoms with Crippen LogP contribution in [0.4, 0.5) is 8.78 Å². The van der Waals surface area contributed by atoms with Crippen molar-refractivity contribution in [2.45, 2.75) is 56.8 Å². The number of halogens is 2. The highest BCUT2D eigenvalue weighted by molar-refractivity contribution is 6.03. The number of hydrogen-bond acceptors (Lipinski definition) is 8. The first kappa shape index (κ1) is 25.2. The normalized spacial score (nSPS) is 26.4. The summed E-state index contributed by atoms with van der Waals surface area (Å²) in [5.41, 5.74) is -0.190. The zero-order valence-electron chi connectivity index (χ0n) is 20.5. The average Bonchev–Trinajstić information content (AvgIpc) is 3.18. The molecule has 37 heavy (non-hydrogen) atoms. The SMILES string of the molecule is COc1cc([C@H]2CCOC(C)(C)C2)cc2cc(C(=O)O)n([C@@]3(C4=NOC(=C=O)N4)C[C@@H]3COC(F)F)c12. The van der Waals surface area contributed by atoms with Gasteiger partial charge in [-0.15, -0.1) is 0 Å². The number of amidine groups is 1. The zero-order chi connectivity index (χ0) is 26.5. The summed E-state index contributed by atoms with van der Waals surface area (Å²) in [6.07, 6.45) is 1.80. The van der Waals surface area contributed by atoms with Crippen LogP contribution in [-0.4, -0.2) is 60.0 Å². The Balaban J connectivity index is 1.67. The fraction of sp³-hybridized carbons (Fsp3) is 0.520. The van der Waals surface area contributed by atoms with Gasteiger partial charge in [-0.05, 0) is 62.8 Å². The molecule has 3 aliphatic rings. The molecule has 2 N–H and O–H groups in total. The maximum absolute atomic E-state index is 12.9. The van der Waals surface area contributed by atoms with Gasteiger partial charge in [-0.1, -0.05) is 5.16 Å². The van der Waals surface area contributed by atoms with Gasteiger partial charge in [-0.3, -0.25) is 5.32 Å². The third-order valence-corrected chi connectivity index (χ3v) is 7.35. The Bertz CT molecular complexity index is 1330. The largest absolute Gasteiger partial charge is 0.495 e. The molecule has 1 aromatic carbocycles. The molecular formula is C25H27F2N3O7. The second-order valence-electron chi connectivity index (χ2n) is 10.1. The van der Waals surface area contributed by atoms with Gasteiger partial charge < -0.3 is 28.7 Å². The summed E-state index contributed by atoms with van der Waals surface area (Å²) in [6.45, 7) is 1.30. The quantitative estimate of drug-likeness (QED) is 0.508. The van der Waals surface area contributed by atoms with E-state index in [4.69, 9.17) is 14.3 Å². The van der Waals surface area contributed by atoms with Gasteiger partial charge in [0, 0.05) is 17.9 Å². The monoisotopic (exact) mass is 519 g/mol. The number of aromatic carboxylic acids is 1. The number of nitrogens with one attached hydrogen (secondary N) is 1. The van der Waals surface area contributed by atoms with E-state index in [1.165, 1.54) is 17.7 Å². The predicted molar refractivity (Wildman–Crippen MR) is 126 cm³/mol. The molecule has 0 unspecified atom stereocenters. The van der Waals surface area contributed by atoms with Crippen molar-refractivity contribution in [3.8, 4) is 5.75 Å². The smallest absolute Gasteiger partial charge is 0.352 e. The highest BCUT2D eigenvalue weighted by atomic mass is 19.3. The van der Waals surface area contributed by atoms with Crippen LogP contribution in [0.15, 0.2) is 29.2 Å².